The number of hydrogen-bond acceptors (Lipinski definition) is 4. The van der Waals surface area contributed by atoms with Gasteiger partial charge in [-0.1, -0.05) is 6.07 Å². The molecule has 5 nitrogen and oxygen atoms in total. The third-order valence-electron chi connectivity index (χ3n) is 3.28. The number of aliphatic imine (C=N–C) groups is 1. The number of aromatic nitrogens is 1. The predicted octanol–water partition coefficient (Wildman–Crippen LogP) is 1.13. The molecule has 106 valence electrons. The van der Waals surface area contributed by atoms with Crippen LogP contribution in [0.3, 0.4) is 0 Å². The van der Waals surface area contributed by atoms with Crippen LogP contribution in [0.25, 0.3) is 10.9 Å². The van der Waals surface area contributed by atoms with Crippen molar-refractivity contribution in [1.29, 1.82) is 0 Å². The lowest BCUT2D eigenvalue weighted by atomic mass is 10.1. The van der Waals surface area contributed by atoms with E-state index in [1.165, 1.54) is 18.3 Å². The van der Waals surface area contributed by atoms with Crippen LogP contribution in [0.2, 0.25) is 0 Å². The van der Waals surface area contributed by atoms with Crippen LogP contribution < -0.4 is 5.32 Å². The summed E-state index contributed by atoms with van der Waals surface area (Å²) in [6.07, 6.45) is 2.98. The van der Waals surface area contributed by atoms with Gasteiger partial charge in [0.25, 0.3) is 0 Å². The summed E-state index contributed by atoms with van der Waals surface area (Å²) in [5.74, 6) is 0.347. The average molecular weight is 295 g/mol. The van der Waals surface area contributed by atoms with Crippen molar-refractivity contribution < 1.29 is 12.8 Å². The fourth-order valence-electron chi connectivity index (χ4n) is 2.44. The van der Waals surface area contributed by atoms with E-state index in [2.05, 4.69) is 10.3 Å². The molecular formula is C13H14FN3O2S. The molecule has 1 aromatic heterocycles. The number of benzene rings is 1. The Hall–Kier alpha value is -1.89. The highest BCUT2D eigenvalue weighted by Crippen LogP contribution is 2.26. The summed E-state index contributed by atoms with van der Waals surface area (Å²) >= 11 is 0. The maximum absolute atomic E-state index is 14.1. The van der Waals surface area contributed by atoms with Crippen LogP contribution in [0.15, 0.2) is 29.4 Å². The van der Waals surface area contributed by atoms with Crippen LogP contribution in [0.4, 0.5) is 4.39 Å². The molecule has 0 radical (unpaired) electrons. The van der Waals surface area contributed by atoms with Gasteiger partial charge < -0.3 is 5.32 Å². The van der Waals surface area contributed by atoms with Crippen molar-refractivity contribution >= 4 is 26.8 Å². The van der Waals surface area contributed by atoms with E-state index in [4.69, 9.17) is 0 Å². The number of fused-ring (bicyclic) bond motifs is 1. The molecule has 0 bridgehead atoms. The lowest BCUT2D eigenvalue weighted by molar-refractivity contribution is 0.595. The van der Waals surface area contributed by atoms with Gasteiger partial charge >= 0.3 is 0 Å². The molecule has 2 aromatic rings. The van der Waals surface area contributed by atoms with Gasteiger partial charge in [0.05, 0.1) is 18.3 Å². The highest BCUT2D eigenvalue weighted by atomic mass is 32.2. The standard InChI is InChI=1S/C13H14FN3O2S/c1-20(18,19)17-8-9(7-12-15-5-6-16-12)13-10(14)3-2-4-11(13)17/h2-4,8H,5-7H2,1H3,(H,15,16). The van der Waals surface area contributed by atoms with Gasteiger partial charge in [-0.3, -0.25) is 4.99 Å². The first-order chi connectivity index (χ1) is 9.47. The van der Waals surface area contributed by atoms with Crippen LogP contribution in [-0.4, -0.2) is 37.6 Å². The predicted molar refractivity (Wildman–Crippen MR) is 76.1 cm³/mol. The van der Waals surface area contributed by atoms with Gasteiger partial charge in [-0.25, -0.2) is 16.8 Å². The van der Waals surface area contributed by atoms with Crippen LogP contribution >= 0.6 is 0 Å². The molecule has 0 amide bonds. The number of halogens is 1. The molecule has 20 heavy (non-hydrogen) atoms. The summed E-state index contributed by atoms with van der Waals surface area (Å²) in [6.45, 7) is 1.46. The molecule has 1 aliphatic rings. The Morgan fingerprint density at radius 3 is 2.90 bits per heavy atom. The molecule has 1 N–H and O–H groups in total. The molecule has 3 rings (SSSR count). The molecule has 1 aliphatic heterocycles. The first-order valence-corrected chi connectivity index (χ1v) is 8.08. The summed E-state index contributed by atoms with van der Waals surface area (Å²) in [5, 5.41) is 3.45. The normalized spacial score (nSPS) is 15.4. The summed E-state index contributed by atoms with van der Waals surface area (Å²) in [7, 11) is -3.47. The maximum atomic E-state index is 14.1. The average Bonchev–Trinajstić information content (AvgIpc) is 2.97. The Balaban J connectivity index is 2.21. The first-order valence-electron chi connectivity index (χ1n) is 6.23. The molecule has 0 saturated carbocycles. The second kappa shape index (κ2) is 4.59. The van der Waals surface area contributed by atoms with Gasteiger partial charge in [0.15, 0.2) is 0 Å². The molecule has 7 heteroatoms. The minimum atomic E-state index is -3.47. The highest BCUT2D eigenvalue weighted by Gasteiger charge is 2.19. The molecule has 0 atom stereocenters. The van der Waals surface area contributed by atoms with Crippen molar-refractivity contribution in [2.75, 3.05) is 19.3 Å². The topological polar surface area (TPSA) is 63.5 Å². The third kappa shape index (κ3) is 2.18. The van der Waals surface area contributed by atoms with E-state index in [-0.39, 0.29) is 0 Å². The quantitative estimate of drug-likeness (QED) is 0.923. The number of amidine groups is 1. The Morgan fingerprint density at radius 1 is 1.45 bits per heavy atom. The van der Waals surface area contributed by atoms with Gasteiger partial charge in [0.1, 0.15) is 11.7 Å². The monoisotopic (exact) mass is 295 g/mol. The van der Waals surface area contributed by atoms with Crippen molar-refractivity contribution in [2.24, 2.45) is 4.99 Å². The lowest BCUT2D eigenvalue weighted by Crippen LogP contribution is -2.20. The molecule has 0 unspecified atom stereocenters. The van der Waals surface area contributed by atoms with Crippen molar-refractivity contribution in [1.82, 2.24) is 9.29 Å². The van der Waals surface area contributed by atoms with E-state index >= 15 is 0 Å². The second-order valence-corrected chi connectivity index (χ2v) is 6.64. The first kappa shape index (κ1) is 13.1. The van der Waals surface area contributed by atoms with Crippen molar-refractivity contribution in [3.05, 3.63) is 35.8 Å². The van der Waals surface area contributed by atoms with Gasteiger partial charge in [-0.05, 0) is 17.7 Å². The summed E-state index contributed by atoms with van der Waals surface area (Å²) in [6, 6.07) is 4.45. The van der Waals surface area contributed by atoms with E-state index in [9.17, 15) is 12.8 Å². The van der Waals surface area contributed by atoms with Crippen molar-refractivity contribution in [3.63, 3.8) is 0 Å². The summed E-state index contributed by atoms with van der Waals surface area (Å²) < 4.78 is 38.8. The number of hydrogen-bond donors (Lipinski definition) is 1. The van der Waals surface area contributed by atoms with Crippen molar-refractivity contribution in [3.8, 4) is 0 Å². The summed E-state index contributed by atoms with van der Waals surface area (Å²) in [4.78, 5) is 4.26. The van der Waals surface area contributed by atoms with Crippen LogP contribution in [0.5, 0.6) is 0 Å². The Kier molecular flexibility index (Phi) is 3.01. The van der Waals surface area contributed by atoms with Crippen LogP contribution in [0, 0.1) is 5.82 Å². The van der Waals surface area contributed by atoms with E-state index in [1.54, 1.807) is 6.07 Å². The fraction of sp³-hybridized carbons (Fsp3) is 0.308. The lowest BCUT2D eigenvalue weighted by Gasteiger charge is -2.01. The molecule has 0 spiro atoms. The van der Waals surface area contributed by atoms with E-state index < -0.39 is 15.8 Å². The van der Waals surface area contributed by atoms with Gasteiger partial charge in [0.2, 0.25) is 10.0 Å². The van der Waals surface area contributed by atoms with E-state index in [1.807, 2.05) is 0 Å². The largest absolute Gasteiger partial charge is 0.372 e. The van der Waals surface area contributed by atoms with Crippen LogP contribution in [0.1, 0.15) is 5.56 Å². The Morgan fingerprint density at radius 2 is 2.25 bits per heavy atom. The Labute approximate surface area is 116 Å². The zero-order chi connectivity index (χ0) is 14.3. The van der Waals surface area contributed by atoms with E-state index in [0.29, 0.717) is 29.4 Å². The summed E-state index contributed by atoms with van der Waals surface area (Å²) in [5.41, 5.74) is 0.984. The highest BCUT2D eigenvalue weighted by molar-refractivity contribution is 7.89. The van der Waals surface area contributed by atoms with Gasteiger partial charge in [0, 0.05) is 24.5 Å². The maximum Gasteiger partial charge on any atom is 0.236 e. The molecule has 0 fully saturated rings. The second-order valence-electron chi connectivity index (χ2n) is 4.78. The number of rotatable bonds is 3. The minimum absolute atomic E-state index is 0.342. The third-order valence-corrected chi connectivity index (χ3v) is 4.30. The molecule has 0 saturated heterocycles. The minimum Gasteiger partial charge on any atom is -0.372 e. The van der Waals surface area contributed by atoms with E-state index in [0.717, 1.165) is 22.6 Å². The zero-order valence-electron chi connectivity index (χ0n) is 10.9. The SMILES string of the molecule is CS(=O)(=O)n1cc(CC2=NCCN2)c2c(F)cccc21. The van der Waals surface area contributed by atoms with Gasteiger partial charge in [-0.15, -0.1) is 0 Å². The zero-order valence-corrected chi connectivity index (χ0v) is 11.7. The Bertz CT molecular complexity index is 808. The number of nitrogens with zero attached hydrogens (tertiary/aromatic N) is 2. The molecular weight excluding hydrogens is 281 g/mol. The van der Waals surface area contributed by atoms with Crippen molar-refractivity contribution in [2.45, 2.75) is 6.42 Å². The smallest absolute Gasteiger partial charge is 0.236 e. The van der Waals surface area contributed by atoms with Crippen LogP contribution in [-0.2, 0) is 16.4 Å². The molecule has 0 aliphatic carbocycles. The molecule has 1 aromatic carbocycles. The fourth-order valence-corrected chi connectivity index (χ4v) is 3.27. The molecule has 2 heterocycles. The number of nitrogens with one attached hydrogen (secondary N) is 1. The van der Waals surface area contributed by atoms with Gasteiger partial charge in [-0.2, -0.15) is 0 Å².